The van der Waals surface area contributed by atoms with Gasteiger partial charge in [0.25, 0.3) is 0 Å². The monoisotopic (exact) mass is 232 g/mol. The van der Waals surface area contributed by atoms with E-state index in [-0.39, 0.29) is 0 Å². The van der Waals surface area contributed by atoms with Crippen molar-refractivity contribution in [2.75, 3.05) is 0 Å². The number of allylic oxidation sites excluding steroid dienone is 6. The summed E-state index contributed by atoms with van der Waals surface area (Å²) in [7, 11) is 0. The van der Waals surface area contributed by atoms with Gasteiger partial charge in [-0.05, 0) is 59.3 Å². The predicted octanol–water partition coefficient (Wildman–Crippen LogP) is 5.98. The Morgan fingerprint density at radius 1 is 0.941 bits per heavy atom. The van der Waals surface area contributed by atoms with Crippen molar-refractivity contribution in [2.24, 2.45) is 0 Å². The average Bonchev–Trinajstić information content (AvgIpc) is 2.29. The zero-order valence-electron chi connectivity index (χ0n) is 11.9. The molecule has 0 amide bonds. The Balaban J connectivity index is 3.61. The molecule has 0 N–H and O–H groups in total. The molecule has 0 aromatic heterocycles. The summed E-state index contributed by atoms with van der Waals surface area (Å²) in [5.41, 5.74) is 4.10. The Morgan fingerprint density at radius 2 is 1.53 bits per heavy atom. The lowest BCUT2D eigenvalue weighted by atomic mass is 10.1. The first kappa shape index (κ1) is 16.0. The Morgan fingerprint density at radius 3 is 2.12 bits per heavy atom. The van der Waals surface area contributed by atoms with Crippen LogP contribution < -0.4 is 0 Å². The lowest BCUT2D eigenvalue weighted by molar-refractivity contribution is 0.802. The van der Waals surface area contributed by atoms with Gasteiger partial charge in [-0.1, -0.05) is 48.1 Å². The molecule has 0 radical (unpaired) electrons. The highest BCUT2D eigenvalue weighted by atomic mass is 14.0. The van der Waals surface area contributed by atoms with E-state index in [2.05, 4.69) is 46.1 Å². The van der Waals surface area contributed by atoms with Gasteiger partial charge in [0, 0.05) is 0 Å². The highest BCUT2D eigenvalue weighted by Crippen LogP contribution is 2.12. The van der Waals surface area contributed by atoms with Crippen LogP contribution in [-0.4, -0.2) is 0 Å². The average molecular weight is 232 g/mol. The third-order valence-electron chi connectivity index (χ3n) is 2.81. The van der Waals surface area contributed by atoms with Crippen LogP contribution in [0.15, 0.2) is 48.1 Å². The molecule has 96 valence electrons. The zero-order chi connectivity index (χ0) is 13.1. The summed E-state index contributed by atoms with van der Waals surface area (Å²) < 4.78 is 0. The minimum atomic E-state index is 1.07. The van der Waals surface area contributed by atoms with Crippen molar-refractivity contribution in [1.29, 1.82) is 0 Å². The normalized spacial score (nSPS) is 11.1. The lowest BCUT2D eigenvalue weighted by Crippen LogP contribution is -1.81. The molecule has 0 saturated heterocycles. The molecule has 0 aliphatic heterocycles. The molecule has 0 aliphatic carbocycles. The van der Waals surface area contributed by atoms with E-state index in [1.54, 1.807) is 0 Å². The first-order valence-corrected chi connectivity index (χ1v) is 6.65. The zero-order valence-corrected chi connectivity index (χ0v) is 11.9. The van der Waals surface area contributed by atoms with Crippen LogP contribution in [0.3, 0.4) is 0 Å². The third-order valence-corrected chi connectivity index (χ3v) is 2.81. The number of unbranched alkanes of at least 4 members (excludes halogenated alkanes) is 2. The molecule has 0 aliphatic rings. The first-order valence-electron chi connectivity index (χ1n) is 6.65. The van der Waals surface area contributed by atoms with Crippen LogP contribution in [0, 0.1) is 0 Å². The Labute approximate surface area is 108 Å². The summed E-state index contributed by atoms with van der Waals surface area (Å²) in [6.45, 7) is 14.2. The van der Waals surface area contributed by atoms with Crippen LogP contribution in [0.2, 0.25) is 0 Å². The van der Waals surface area contributed by atoms with Crippen molar-refractivity contribution in [3.05, 3.63) is 48.1 Å². The Kier molecular flexibility index (Phi) is 9.52. The molecule has 0 heterocycles. The summed E-state index contributed by atoms with van der Waals surface area (Å²) in [6.07, 6.45) is 13.7. The highest BCUT2D eigenvalue weighted by molar-refractivity contribution is 5.10. The minimum Gasteiger partial charge on any atom is -0.0988 e. The standard InChI is InChI=1S/C17H28/c1-6-16(4)12-9-10-14-17(5)13-8-7-11-15(2)3/h6,11,14H,1,4,7-10,12-13H2,2-3,5H3. The largest absolute Gasteiger partial charge is 0.0988 e. The van der Waals surface area contributed by atoms with E-state index in [1.807, 2.05) is 6.08 Å². The lowest BCUT2D eigenvalue weighted by Gasteiger charge is -2.01. The topological polar surface area (TPSA) is 0 Å². The Hall–Kier alpha value is -1.04. The number of rotatable bonds is 9. The molecule has 0 unspecified atom stereocenters. The number of hydrogen-bond donors (Lipinski definition) is 0. The molecule has 0 heteroatoms. The predicted molar refractivity (Wildman–Crippen MR) is 80.2 cm³/mol. The van der Waals surface area contributed by atoms with Crippen LogP contribution in [0.4, 0.5) is 0 Å². The van der Waals surface area contributed by atoms with Gasteiger partial charge in [0.05, 0.1) is 0 Å². The molecule has 0 rings (SSSR count). The summed E-state index contributed by atoms with van der Waals surface area (Å²) in [5.74, 6) is 0. The summed E-state index contributed by atoms with van der Waals surface area (Å²) >= 11 is 0. The Bertz CT molecular complexity index is 285. The first-order chi connectivity index (χ1) is 8.06. The molecule has 0 bridgehead atoms. The van der Waals surface area contributed by atoms with E-state index in [0.717, 1.165) is 12.0 Å². The van der Waals surface area contributed by atoms with Gasteiger partial charge >= 0.3 is 0 Å². The minimum absolute atomic E-state index is 1.07. The van der Waals surface area contributed by atoms with Gasteiger partial charge in [0.15, 0.2) is 0 Å². The molecular formula is C17H28. The van der Waals surface area contributed by atoms with Crippen molar-refractivity contribution < 1.29 is 0 Å². The fourth-order valence-corrected chi connectivity index (χ4v) is 1.65. The van der Waals surface area contributed by atoms with Crippen LogP contribution >= 0.6 is 0 Å². The molecule has 0 aromatic carbocycles. The fourth-order valence-electron chi connectivity index (χ4n) is 1.65. The van der Waals surface area contributed by atoms with Crippen LogP contribution in [0.5, 0.6) is 0 Å². The van der Waals surface area contributed by atoms with Crippen molar-refractivity contribution in [1.82, 2.24) is 0 Å². The van der Waals surface area contributed by atoms with Gasteiger partial charge in [-0.2, -0.15) is 0 Å². The van der Waals surface area contributed by atoms with Gasteiger partial charge in [-0.3, -0.25) is 0 Å². The summed E-state index contributed by atoms with van der Waals surface area (Å²) in [5, 5.41) is 0. The van der Waals surface area contributed by atoms with Crippen molar-refractivity contribution in [3.8, 4) is 0 Å². The smallest absolute Gasteiger partial charge is 0.0282 e. The van der Waals surface area contributed by atoms with Gasteiger partial charge in [-0.15, -0.1) is 0 Å². The summed E-state index contributed by atoms with van der Waals surface area (Å²) in [6, 6.07) is 0. The summed E-state index contributed by atoms with van der Waals surface area (Å²) in [4.78, 5) is 0. The maximum atomic E-state index is 3.92. The fraction of sp³-hybridized carbons (Fsp3) is 0.529. The van der Waals surface area contributed by atoms with E-state index in [4.69, 9.17) is 0 Å². The van der Waals surface area contributed by atoms with Gasteiger partial charge < -0.3 is 0 Å². The SMILES string of the molecule is C=CC(=C)CCCC=C(C)CCCC=C(C)C. The molecule has 0 nitrogen and oxygen atoms in total. The second kappa shape index (κ2) is 10.1. The maximum Gasteiger partial charge on any atom is -0.0282 e. The van der Waals surface area contributed by atoms with E-state index < -0.39 is 0 Å². The molecule has 0 saturated carbocycles. The molecular weight excluding hydrogens is 204 g/mol. The van der Waals surface area contributed by atoms with E-state index in [9.17, 15) is 0 Å². The van der Waals surface area contributed by atoms with Gasteiger partial charge in [0.1, 0.15) is 0 Å². The second-order valence-corrected chi connectivity index (χ2v) is 4.98. The molecule has 0 fully saturated rings. The molecule has 0 atom stereocenters. The van der Waals surface area contributed by atoms with Crippen LogP contribution in [-0.2, 0) is 0 Å². The maximum absolute atomic E-state index is 3.92. The van der Waals surface area contributed by atoms with Gasteiger partial charge in [0.2, 0.25) is 0 Å². The van der Waals surface area contributed by atoms with Crippen molar-refractivity contribution in [2.45, 2.75) is 59.3 Å². The van der Waals surface area contributed by atoms with Gasteiger partial charge in [-0.25, -0.2) is 0 Å². The quantitative estimate of drug-likeness (QED) is 0.260. The number of hydrogen-bond acceptors (Lipinski definition) is 0. The van der Waals surface area contributed by atoms with E-state index >= 15 is 0 Å². The van der Waals surface area contributed by atoms with Crippen molar-refractivity contribution >= 4 is 0 Å². The van der Waals surface area contributed by atoms with E-state index in [1.165, 1.54) is 43.3 Å². The van der Waals surface area contributed by atoms with Crippen molar-refractivity contribution in [3.63, 3.8) is 0 Å². The van der Waals surface area contributed by atoms with E-state index in [0.29, 0.717) is 0 Å². The third kappa shape index (κ3) is 11.2. The van der Waals surface area contributed by atoms with Crippen LogP contribution in [0.1, 0.15) is 59.3 Å². The molecule has 17 heavy (non-hydrogen) atoms. The van der Waals surface area contributed by atoms with Crippen LogP contribution in [0.25, 0.3) is 0 Å². The molecule has 0 spiro atoms. The second-order valence-electron chi connectivity index (χ2n) is 4.98. The highest BCUT2D eigenvalue weighted by Gasteiger charge is 1.92. The molecule has 0 aromatic rings.